The van der Waals surface area contributed by atoms with E-state index in [9.17, 15) is 34.5 Å². The molecule has 3 N–H and O–H groups in total. The van der Waals surface area contributed by atoms with Gasteiger partial charge in [-0.25, -0.2) is 19.4 Å². The smallest absolute Gasteiger partial charge is 0.339 e. The fourth-order valence-corrected chi connectivity index (χ4v) is 4.26. The highest BCUT2D eigenvalue weighted by atomic mass is 16.4. The van der Waals surface area contributed by atoms with Crippen LogP contribution in [0.25, 0.3) is 22.2 Å². The van der Waals surface area contributed by atoms with Gasteiger partial charge in [0.2, 0.25) is 5.43 Å². The van der Waals surface area contributed by atoms with E-state index in [2.05, 4.69) is 4.98 Å². The van der Waals surface area contributed by atoms with Crippen molar-refractivity contribution in [1.29, 1.82) is 0 Å². The highest BCUT2D eigenvalue weighted by Crippen LogP contribution is 2.26. The van der Waals surface area contributed by atoms with Crippen molar-refractivity contribution in [1.82, 2.24) is 9.55 Å². The summed E-state index contributed by atoms with van der Waals surface area (Å²) in [6.45, 7) is 2.31. The summed E-state index contributed by atoms with van der Waals surface area (Å²) in [6.07, 6.45) is 2.28. The zero-order chi connectivity index (χ0) is 26.7. The average Bonchev–Trinajstić information content (AvgIpc) is 3.10. The fourth-order valence-electron chi connectivity index (χ4n) is 4.26. The first-order valence-corrected chi connectivity index (χ1v) is 11.7. The Bertz CT molecular complexity index is 1590. The molecule has 9 heteroatoms. The van der Waals surface area contributed by atoms with Crippen LogP contribution in [0.5, 0.6) is 0 Å². The van der Waals surface area contributed by atoms with Crippen molar-refractivity contribution in [2.45, 2.75) is 32.7 Å². The molecule has 3 aromatic carbocycles. The molecule has 0 radical (unpaired) electrons. The highest BCUT2D eigenvalue weighted by Gasteiger charge is 2.20. The SMILES string of the molecule is CCCCc1nc2cc(C(=O)O)c(=O)c(C(=O)O)cc2n1Cc1ccc(-c2ccccc2C(=O)O)cc1. The van der Waals surface area contributed by atoms with Gasteiger partial charge in [-0.2, -0.15) is 0 Å². The number of hydrogen-bond donors (Lipinski definition) is 3. The maximum Gasteiger partial charge on any atom is 0.339 e. The number of carboxylic acid groups (broad SMARTS) is 3. The van der Waals surface area contributed by atoms with Gasteiger partial charge in [-0.15, -0.1) is 0 Å². The predicted molar refractivity (Wildman–Crippen MR) is 136 cm³/mol. The second-order valence-electron chi connectivity index (χ2n) is 8.59. The number of nitrogens with zero attached hydrogens (tertiary/aromatic N) is 2. The Labute approximate surface area is 211 Å². The molecule has 4 rings (SSSR count). The number of aromatic carboxylic acids is 3. The average molecular weight is 501 g/mol. The summed E-state index contributed by atoms with van der Waals surface area (Å²) in [5, 5.41) is 28.6. The van der Waals surface area contributed by atoms with Crippen LogP contribution in [-0.2, 0) is 13.0 Å². The molecular formula is C28H24N2O7. The molecule has 0 atom stereocenters. The van der Waals surface area contributed by atoms with E-state index in [1.165, 1.54) is 6.07 Å². The lowest BCUT2D eigenvalue weighted by Gasteiger charge is -2.11. The molecule has 0 unspecified atom stereocenters. The van der Waals surface area contributed by atoms with E-state index in [0.717, 1.165) is 30.0 Å². The molecule has 0 amide bonds. The summed E-state index contributed by atoms with van der Waals surface area (Å²) in [4.78, 5) is 52.3. The number of carbonyl (C=O) groups is 3. The van der Waals surface area contributed by atoms with Gasteiger partial charge in [-0.05, 0) is 41.3 Å². The van der Waals surface area contributed by atoms with Crippen molar-refractivity contribution >= 4 is 28.9 Å². The van der Waals surface area contributed by atoms with Gasteiger partial charge in [-0.1, -0.05) is 55.8 Å². The molecule has 0 aliphatic rings. The van der Waals surface area contributed by atoms with Crippen LogP contribution in [0.4, 0.5) is 0 Å². The van der Waals surface area contributed by atoms with Crippen LogP contribution in [0.1, 0.15) is 62.2 Å². The van der Waals surface area contributed by atoms with Crippen LogP contribution < -0.4 is 5.43 Å². The minimum absolute atomic E-state index is 0.189. The molecule has 1 heterocycles. The third kappa shape index (κ3) is 5.11. The molecule has 0 aliphatic heterocycles. The van der Waals surface area contributed by atoms with Crippen LogP contribution in [0, 0.1) is 0 Å². The summed E-state index contributed by atoms with van der Waals surface area (Å²) in [6, 6.07) is 16.3. The van der Waals surface area contributed by atoms with E-state index in [1.807, 2.05) is 31.2 Å². The number of fused-ring (bicyclic) bond motifs is 1. The van der Waals surface area contributed by atoms with Crippen LogP contribution in [0.2, 0.25) is 0 Å². The summed E-state index contributed by atoms with van der Waals surface area (Å²) < 4.78 is 1.79. The van der Waals surface area contributed by atoms with E-state index >= 15 is 0 Å². The minimum atomic E-state index is -1.52. The Balaban J connectivity index is 1.84. The topological polar surface area (TPSA) is 147 Å². The van der Waals surface area contributed by atoms with Crippen LogP contribution in [0.15, 0.2) is 65.5 Å². The first-order chi connectivity index (χ1) is 17.7. The van der Waals surface area contributed by atoms with Gasteiger partial charge in [0.15, 0.2) is 0 Å². The maximum absolute atomic E-state index is 12.6. The summed E-state index contributed by atoms with van der Waals surface area (Å²) in [5.41, 5.74) is 0.517. The largest absolute Gasteiger partial charge is 0.478 e. The normalized spacial score (nSPS) is 10.9. The van der Waals surface area contributed by atoms with Crippen molar-refractivity contribution in [2.75, 3.05) is 0 Å². The lowest BCUT2D eigenvalue weighted by atomic mass is 9.99. The van der Waals surface area contributed by atoms with Gasteiger partial charge in [0, 0.05) is 13.0 Å². The standard InChI is InChI=1S/C28H24N2O7/c1-2-3-8-24-29-22-13-20(27(34)35)25(31)21(28(36)37)14-23(22)30(24)15-16-9-11-17(12-10-16)18-6-4-5-7-19(18)26(32)33/h4-7,9-14H,2-3,8,15H2,1H3,(H,32,33)(H,34,35)(H,36,37). The number of rotatable bonds is 9. The molecule has 0 bridgehead atoms. The Morgan fingerprint density at radius 1 is 0.838 bits per heavy atom. The van der Waals surface area contributed by atoms with E-state index in [1.54, 1.807) is 28.8 Å². The van der Waals surface area contributed by atoms with Crippen molar-refractivity contribution in [2.24, 2.45) is 0 Å². The number of aryl methyl sites for hydroxylation is 1. The Morgan fingerprint density at radius 3 is 2.08 bits per heavy atom. The third-order valence-corrected chi connectivity index (χ3v) is 6.14. The molecule has 0 fully saturated rings. The first-order valence-electron chi connectivity index (χ1n) is 11.7. The lowest BCUT2D eigenvalue weighted by molar-refractivity contribution is 0.0681. The Hall–Kier alpha value is -4.79. The van der Waals surface area contributed by atoms with Gasteiger partial charge >= 0.3 is 17.9 Å². The highest BCUT2D eigenvalue weighted by molar-refractivity contribution is 5.97. The molecule has 0 spiro atoms. The Morgan fingerprint density at radius 2 is 1.46 bits per heavy atom. The van der Waals surface area contributed by atoms with Crippen molar-refractivity contribution in [3.8, 4) is 11.1 Å². The molecule has 4 aromatic rings. The fraction of sp³-hybridized carbons (Fsp3) is 0.179. The van der Waals surface area contributed by atoms with Crippen molar-refractivity contribution in [3.05, 3.63) is 99.0 Å². The second kappa shape index (κ2) is 10.4. The van der Waals surface area contributed by atoms with E-state index < -0.39 is 34.5 Å². The molecule has 1 aromatic heterocycles. The summed E-state index contributed by atoms with van der Waals surface area (Å²) in [7, 11) is 0. The predicted octanol–water partition coefficient (Wildman–Crippen LogP) is 4.55. The zero-order valence-electron chi connectivity index (χ0n) is 20.0. The monoisotopic (exact) mass is 500 g/mol. The molecular weight excluding hydrogens is 476 g/mol. The van der Waals surface area contributed by atoms with Gasteiger partial charge in [-0.3, -0.25) is 4.79 Å². The zero-order valence-corrected chi connectivity index (χ0v) is 20.0. The molecule has 37 heavy (non-hydrogen) atoms. The second-order valence-corrected chi connectivity index (χ2v) is 8.59. The molecule has 9 nitrogen and oxygen atoms in total. The maximum atomic E-state index is 12.6. The molecule has 188 valence electrons. The van der Waals surface area contributed by atoms with Gasteiger partial charge in [0.05, 0.1) is 16.6 Å². The van der Waals surface area contributed by atoms with Gasteiger partial charge < -0.3 is 19.9 Å². The lowest BCUT2D eigenvalue weighted by Crippen LogP contribution is -2.19. The quantitative estimate of drug-likeness (QED) is 0.303. The molecule has 0 aliphatic carbocycles. The number of carboxylic acids is 3. The Kier molecular flexibility index (Phi) is 7.15. The van der Waals surface area contributed by atoms with Crippen LogP contribution >= 0.6 is 0 Å². The third-order valence-electron chi connectivity index (χ3n) is 6.14. The first kappa shape index (κ1) is 25.3. The summed E-state index contributed by atoms with van der Waals surface area (Å²) in [5.74, 6) is -3.42. The molecule has 0 saturated carbocycles. The van der Waals surface area contributed by atoms with Gasteiger partial charge in [0.25, 0.3) is 0 Å². The van der Waals surface area contributed by atoms with Gasteiger partial charge in [0.1, 0.15) is 17.0 Å². The molecule has 0 saturated heterocycles. The minimum Gasteiger partial charge on any atom is -0.478 e. The van der Waals surface area contributed by atoms with E-state index in [0.29, 0.717) is 23.3 Å². The number of imidazole rings is 1. The number of unbranched alkanes of at least 4 members (excludes halogenated alkanes) is 1. The summed E-state index contributed by atoms with van der Waals surface area (Å²) >= 11 is 0. The van der Waals surface area contributed by atoms with E-state index in [-0.39, 0.29) is 17.6 Å². The van der Waals surface area contributed by atoms with Crippen molar-refractivity contribution in [3.63, 3.8) is 0 Å². The van der Waals surface area contributed by atoms with E-state index in [4.69, 9.17) is 0 Å². The number of benzene rings is 2. The van der Waals surface area contributed by atoms with Crippen molar-refractivity contribution < 1.29 is 29.7 Å². The van der Waals surface area contributed by atoms with Crippen LogP contribution in [0.3, 0.4) is 0 Å². The number of hydrogen-bond acceptors (Lipinski definition) is 5. The number of aromatic nitrogens is 2. The van der Waals surface area contributed by atoms with Crippen LogP contribution in [-0.4, -0.2) is 42.8 Å².